The highest BCUT2D eigenvalue weighted by molar-refractivity contribution is 7.89. The van der Waals surface area contributed by atoms with Crippen LogP contribution in [0.25, 0.3) is 0 Å². The molecule has 0 amide bonds. The van der Waals surface area contributed by atoms with Crippen LogP contribution in [0.5, 0.6) is 0 Å². The second kappa shape index (κ2) is 7.37. The van der Waals surface area contributed by atoms with Gasteiger partial charge in [-0.15, -0.1) is 0 Å². The minimum atomic E-state index is -3.75. The summed E-state index contributed by atoms with van der Waals surface area (Å²) in [5.41, 5.74) is 0.109. The fourth-order valence-corrected chi connectivity index (χ4v) is 3.34. The fourth-order valence-electron chi connectivity index (χ4n) is 1.92. The van der Waals surface area contributed by atoms with Crippen molar-refractivity contribution < 1.29 is 13.3 Å². The molecule has 0 aliphatic rings. The van der Waals surface area contributed by atoms with Gasteiger partial charge in [-0.05, 0) is 12.5 Å². The molecule has 0 spiro atoms. The molecule has 1 aromatic rings. The van der Waals surface area contributed by atoms with Crippen LogP contribution < -0.4 is 5.32 Å². The van der Waals surface area contributed by atoms with Crippen LogP contribution in [0.2, 0.25) is 0 Å². The predicted octanol–water partition coefficient (Wildman–Crippen LogP) is 2.45. The number of nitrogens with zero attached hydrogens (tertiary/aromatic N) is 2. The normalized spacial score (nSPS) is 11.6. The molecule has 0 saturated heterocycles. The van der Waals surface area contributed by atoms with Gasteiger partial charge in [0.05, 0.1) is 10.6 Å². The number of nitrogens with one attached hydrogen (secondary N) is 1. The molecule has 0 atom stereocenters. The maximum atomic E-state index is 12.5. The maximum Gasteiger partial charge on any atom is 0.270 e. The number of hydrogen-bond donors (Lipinski definition) is 1. The number of benzene rings is 1. The SMILES string of the molecule is CCCCCN(C)S(=O)(=O)c1cc([N+](=O)[O-])ccc1NC. The Morgan fingerprint density at radius 2 is 2.00 bits per heavy atom. The third-order valence-corrected chi connectivity index (χ3v) is 5.11. The number of non-ortho nitro benzene ring substituents is 1. The van der Waals surface area contributed by atoms with Gasteiger partial charge < -0.3 is 5.32 Å². The molecule has 0 aliphatic heterocycles. The Morgan fingerprint density at radius 3 is 2.52 bits per heavy atom. The highest BCUT2D eigenvalue weighted by Crippen LogP contribution is 2.28. The minimum absolute atomic E-state index is 0.0711. The minimum Gasteiger partial charge on any atom is -0.387 e. The van der Waals surface area contributed by atoms with E-state index in [0.29, 0.717) is 12.2 Å². The van der Waals surface area contributed by atoms with E-state index in [1.807, 2.05) is 6.92 Å². The molecule has 0 heterocycles. The third kappa shape index (κ3) is 4.15. The highest BCUT2D eigenvalue weighted by Gasteiger charge is 2.25. The van der Waals surface area contributed by atoms with Crippen LogP contribution in [0.1, 0.15) is 26.2 Å². The molecule has 0 fully saturated rings. The zero-order valence-electron chi connectivity index (χ0n) is 12.5. The van der Waals surface area contributed by atoms with E-state index in [0.717, 1.165) is 25.3 Å². The second-order valence-corrected chi connectivity index (χ2v) is 6.73. The summed E-state index contributed by atoms with van der Waals surface area (Å²) in [5, 5.41) is 13.6. The Labute approximate surface area is 125 Å². The molecule has 0 aliphatic carbocycles. The smallest absolute Gasteiger partial charge is 0.270 e. The number of rotatable bonds is 8. The van der Waals surface area contributed by atoms with Crippen molar-refractivity contribution in [1.29, 1.82) is 0 Å². The quantitative estimate of drug-likeness (QED) is 0.452. The average Bonchev–Trinajstić information content (AvgIpc) is 2.46. The number of hydrogen-bond acceptors (Lipinski definition) is 5. The summed E-state index contributed by atoms with van der Waals surface area (Å²) in [6, 6.07) is 3.78. The van der Waals surface area contributed by atoms with E-state index >= 15 is 0 Å². The Bertz CT molecular complexity index is 601. The zero-order valence-corrected chi connectivity index (χ0v) is 13.3. The summed E-state index contributed by atoms with van der Waals surface area (Å²) in [4.78, 5) is 10.2. The molecule has 0 saturated carbocycles. The molecule has 0 radical (unpaired) electrons. The van der Waals surface area contributed by atoms with E-state index in [-0.39, 0.29) is 10.6 Å². The molecule has 0 bridgehead atoms. The van der Waals surface area contributed by atoms with Crippen LogP contribution in [0, 0.1) is 10.1 Å². The van der Waals surface area contributed by atoms with Crippen molar-refractivity contribution in [3.05, 3.63) is 28.3 Å². The molecular formula is C13H21N3O4S. The fraction of sp³-hybridized carbons (Fsp3) is 0.538. The van der Waals surface area contributed by atoms with Crippen molar-refractivity contribution in [3.63, 3.8) is 0 Å². The molecule has 0 unspecified atom stereocenters. The lowest BCUT2D eigenvalue weighted by molar-refractivity contribution is -0.385. The van der Waals surface area contributed by atoms with E-state index < -0.39 is 14.9 Å². The first kappa shape index (κ1) is 17.4. The Kier molecular flexibility index (Phi) is 6.10. The molecule has 1 N–H and O–H groups in total. The number of unbranched alkanes of at least 4 members (excludes halogenated alkanes) is 2. The molecule has 21 heavy (non-hydrogen) atoms. The summed E-state index contributed by atoms with van der Waals surface area (Å²) in [6.07, 6.45) is 2.69. The Hall–Kier alpha value is -1.67. The molecule has 7 nitrogen and oxygen atoms in total. The first-order valence-electron chi connectivity index (χ1n) is 6.77. The van der Waals surface area contributed by atoms with E-state index in [4.69, 9.17) is 0 Å². The van der Waals surface area contributed by atoms with Crippen molar-refractivity contribution >= 4 is 21.4 Å². The first-order chi connectivity index (χ1) is 9.84. The standard InChI is InChI=1S/C13H21N3O4S/c1-4-5-6-9-15(3)21(19,20)13-10-11(16(17)18)7-8-12(13)14-2/h7-8,10,14H,4-6,9H2,1-3H3. The van der Waals surface area contributed by atoms with Crippen molar-refractivity contribution in [2.75, 3.05) is 26.0 Å². The van der Waals surface area contributed by atoms with Gasteiger partial charge >= 0.3 is 0 Å². The van der Waals surface area contributed by atoms with Crippen LogP contribution in [0.15, 0.2) is 23.1 Å². The molecule has 8 heteroatoms. The second-order valence-electron chi connectivity index (χ2n) is 4.72. The molecular weight excluding hydrogens is 294 g/mol. The summed E-state index contributed by atoms with van der Waals surface area (Å²) >= 11 is 0. The highest BCUT2D eigenvalue weighted by atomic mass is 32.2. The first-order valence-corrected chi connectivity index (χ1v) is 8.21. The van der Waals surface area contributed by atoms with Gasteiger partial charge in [0.25, 0.3) is 5.69 Å². The number of sulfonamides is 1. The van der Waals surface area contributed by atoms with Gasteiger partial charge in [0, 0.05) is 32.8 Å². The van der Waals surface area contributed by atoms with Crippen molar-refractivity contribution in [3.8, 4) is 0 Å². The lowest BCUT2D eigenvalue weighted by atomic mass is 10.2. The van der Waals surface area contributed by atoms with Crippen molar-refractivity contribution in [2.24, 2.45) is 0 Å². The number of anilines is 1. The zero-order chi connectivity index (χ0) is 16.0. The van der Waals surface area contributed by atoms with Crippen LogP contribution in [-0.4, -0.2) is 38.3 Å². The van der Waals surface area contributed by atoms with E-state index in [2.05, 4.69) is 5.32 Å². The Morgan fingerprint density at radius 1 is 1.33 bits per heavy atom. The van der Waals surface area contributed by atoms with Crippen LogP contribution in [0.4, 0.5) is 11.4 Å². The van der Waals surface area contributed by atoms with Gasteiger partial charge in [0.2, 0.25) is 10.0 Å². The number of nitro groups is 1. The van der Waals surface area contributed by atoms with Gasteiger partial charge in [-0.3, -0.25) is 10.1 Å². The largest absolute Gasteiger partial charge is 0.387 e. The van der Waals surface area contributed by atoms with Gasteiger partial charge in [-0.1, -0.05) is 19.8 Å². The lowest BCUT2D eigenvalue weighted by Crippen LogP contribution is -2.28. The molecule has 1 rings (SSSR count). The summed E-state index contributed by atoms with van der Waals surface area (Å²) < 4.78 is 26.3. The molecule has 0 aromatic heterocycles. The van der Waals surface area contributed by atoms with Crippen LogP contribution in [0.3, 0.4) is 0 Å². The van der Waals surface area contributed by atoms with Gasteiger partial charge in [-0.2, -0.15) is 0 Å². The predicted molar refractivity (Wildman–Crippen MR) is 82.0 cm³/mol. The monoisotopic (exact) mass is 315 g/mol. The number of nitro benzene ring substituents is 1. The van der Waals surface area contributed by atoms with Gasteiger partial charge in [0.1, 0.15) is 4.90 Å². The Balaban J connectivity index is 3.16. The van der Waals surface area contributed by atoms with Crippen LogP contribution in [-0.2, 0) is 10.0 Å². The van der Waals surface area contributed by atoms with E-state index in [9.17, 15) is 18.5 Å². The summed E-state index contributed by atoms with van der Waals surface area (Å²) in [6.45, 7) is 2.43. The summed E-state index contributed by atoms with van der Waals surface area (Å²) in [7, 11) is -0.682. The van der Waals surface area contributed by atoms with E-state index in [1.54, 1.807) is 7.05 Å². The van der Waals surface area contributed by atoms with Crippen LogP contribution >= 0.6 is 0 Å². The topological polar surface area (TPSA) is 92.5 Å². The molecule has 1 aromatic carbocycles. The average molecular weight is 315 g/mol. The van der Waals surface area contributed by atoms with Crippen molar-refractivity contribution in [2.45, 2.75) is 31.1 Å². The lowest BCUT2D eigenvalue weighted by Gasteiger charge is -2.19. The van der Waals surface area contributed by atoms with Gasteiger partial charge in [-0.25, -0.2) is 12.7 Å². The maximum absolute atomic E-state index is 12.5. The van der Waals surface area contributed by atoms with Gasteiger partial charge in [0.15, 0.2) is 0 Å². The summed E-state index contributed by atoms with van der Waals surface area (Å²) in [5.74, 6) is 0. The molecule has 118 valence electrons. The van der Waals surface area contributed by atoms with E-state index in [1.165, 1.54) is 23.5 Å². The third-order valence-electron chi connectivity index (χ3n) is 3.21. The van der Waals surface area contributed by atoms with Crippen molar-refractivity contribution in [1.82, 2.24) is 4.31 Å².